The smallest absolute Gasteiger partial charge is 0.328 e. The molecule has 7 heteroatoms. The standard InChI is InChI=1S/C26H24N4O3/c31-24(23-17-28-26(33)30(25(23)32)19-22-13-7-8-15-27-22)29(18-21-11-5-2-6-12-21)16-14-20-9-3-1-4-10-20/h1-13,15,17H,14,16,18-19H2,(H,28,33). The van der Waals surface area contributed by atoms with Gasteiger partial charge < -0.3 is 9.88 Å². The van der Waals surface area contributed by atoms with Crippen molar-refractivity contribution in [3.8, 4) is 0 Å². The summed E-state index contributed by atoms with van der Waals surface area (Å²) in [6.07, 6.45) is 3.45. The van der Waals surface area contributed by atoms with Crippen LogP contribution in [0.25, 0.3) is 0 Å². The van der Waals surface area contributed by atoms with Crippen molar-refractivity contribution >= 4 is 5.91 Å². The second-order valence-electron chi connectivity index (χ2n) is 7.67. The van der Waals surface area contributed by atoms with Crippen LogP contribution in [0.5, 0.6) is 0 Å². The minimum Gasteiger partial charge on any atom is -0.334 e. The fourth-order valence-electron chi connectivity index (χ4n) is 3.60. The third-order valence-electron chi connectivity index (χ3n) is 5.35. The van der Waals surface area contributed by atoms with Crippen molar-refractivity contribution in [1.29, 1.82) is 0 Å². The molecule has 2 aromatic heterocycles. The summed E-state index contributed by atoms with van der Waals surface area (Å²) in [6.45, 7) is 0.765. The summed E-state index contributed by atoms with van der Waals surface area (Å²) in [5.74, 6) is -0.425. The summed E-state index contributed by atoms with van der Waals surface area (Å²) in [4.78, 5) is 47.3. The number of hydrogen-bond donors (Lipinski definition) is 1. The van der Waals surface area contributed by atoms with Gasteiger partial charge in [0.15, 0.2) is 0 Å². The summed E-state index contributed by atoms with van der Waals surface area (Å²) < 4.78 is 1.01. The first-order valence-corrected chi connectivity index (χ1v) is 10.7. The average Bonchev–Trinajstić information content (AvgIpc) is 2.86. The lowest BCUT2D eigenvalue weighted by molar-refractivity contribution is 0.0742. The minimum atomic E-state index is -0.632. The van der Waals surface area contributed by atoms with Crippen molar-refractivity contribution in [3.63, 3.8) is 0 Å². The molecule has 0 aliphatic carbocycles. The van der Waals surface area contributed by atoms with Crippen molar-refractivity contribution in [2.45, 2.75) is 19.5 Å². The van der Waals surface area contributed by atoms with E-state index in [1.807, 2.05) is 60.7 Å². The van der Waals surface area contributed by atoms with Crippen molar-refractivity contribution in [2.75, 3.05) is 6.54 Å². The summed E-state index contributed by atoms with van der Waals surface area (Å²) in [5.41, 5.74) is 1.32. The first-order valence-electron chi connectivity index (χ1n) is 10.7. The van der Waals surface area contributed by atoms with E-state index in [2.05, 4.69) is 9.97 Å². The Bertz CT molecular complexity index is 1320. The summed E-state index contributed by atoms with van der Waals surface area (Å²) in [5, 5.41) is 0. The van der Waals surface area contributed by atoms with Gasteiger partial charge in [-0.05, 0) is 29.7 Å². The van der Waals surface area contributed by atoms with Gasteiger partial charge in [0.05, 0.1) is 12.2 Å². The number of carbonyl (C=O) groups excluding carboxylic acids is 1. The molecular formula is C26H24N4O3. The molecule has 0 unspecified atom stereocenters. The van der Waals surface area contributed by atoms with E-state index in [1.54, 1.807) is 29.3 Å². The van der Waals surface area contributed by atoms with Gasteiger partial charge in [0, 0.05) is 25.5 Å². The van der Waals surface area contributed by atoms with Gasteiger partial charge in [0.2, 0.25) is 0 Å². The van der Waals surface area contributed by atoms with E-state index in [4.69, 9.17) is 0 Å². The first-order chi connectivity index (χ1) is 16.1. The van der Waals surface area contributed by atoms with E-state index in [9.17, 15) is 14.4 Å². The molecule has 0 aliphatic rings. The number of rotatable bonds is 8. The van der Waals surface area contributed by atoms with E-state index in [0.717, 1.165) is 15.7 Å². The molecule has 0 fully saturated rings. The molecule has 4 rings (SSSR count). The molecule has 0 saturated carbocycles. The zero-order chi connectivity index (χ0) is 23.0. The monoisotopic (exact) mass is 440 g/mol. The molecule has 33 heavy (non-hydrogen) atoms. The van der Waals surface area contributed by atoms with Crippen LogP contribution in [0.1, 0.15) is 27.2 Å². The molecule has 0 radical (unpaired) electrons. The van der Waals surface area contributed by atoms with Crippen LogP contribution < -0.4 is 11.2 Å². The minimum absolute atomic E-state index is 0.0151. The van der Waals surface area contributed by atoms with Crippen LogP contribution in [0, 0.1) is 0 Å². The van der Waals surface area contributed by atoms with E-state index >= 15 is 0 Å². The number of aromatic nitrogens is 3. The van der Waals surface area contributed by atoms with E-state index in [0.29, 0.717) is 25.2 Å². The number of benzene rings is 2. The second-order valence-corrected chi connectivity index (χ2v) is 7.67. The first kappa shape index (κ1) is 22.0. The van der Waals surface area contributed by atoms with Crippen LogP contribution in [0.15, 0.2) is 101 Å². The highest BCUT2D eigenvalue weighted by Crippen LogP contribution is 2.10. The van der Waals surface area contributed by atoms with Crippen molar-refractivity contribution < 1.29 is 4.79 Å². The van der Waals surface area contributed by atoms with Gasteiger partial charge in [-0.1, -0.05) is 66.7 Å². The molecule has 0 spiro atoms. The lowest BCUT2D eigenvalue weighted by Gasteiger charge is -2.23. The Morgan fingerprint density at radius 3 is 2.21 bits per heavy atom. The number of hydrogen-bond acceptors (Lipinski definition) is 4. The number of H-pyrrole nitrogens is 1. The fraction of sp³-hybridized carbons (Fsp3) is 0.154. The Labute approximate surface area is 191 Å². The third-order valence-corrected chi connectivity index (χ3v) is 5.35. The van der Waals surface area contributed by atoms with Gasteiger partial charge >= 0.3 is 5.69 Å². The van der Waals surface area contributed by atoms with Gasteiger partial charge in [0.1, 0.15) is 5.56 Å². The molecule has 1 amide bonds. The lowest BCUT2D eigenvalue weighted by Crippen LogP contribution is -2.42. The van der Waals surface area contributed by atoms with Crippen molar-refractivity contribution in [1.82, 2.24) is 19.4 Å². The van der Waals surface area contributed by atoms with Crippen LogP contribution in [-0.4, -0.2) is 31.9 Å². The zero-order valence-electron chi connectivity index (χ0n) is 18.1. The second kappa shape index (κ2) is 10.4. The predicted molar refractivity (Wildman–Crippen MR) is 126 cm³/mol. The van der Waals surface area contributed by atoms with Crippen LogP contribution in [-0.2, 0) is 19.5 Å². The highest BCUT2D eigenvalue weighted by atomic mass is 16.2. The molecule has 0 bridgehead atoms. The van der Waals surface area contributed by atoms with Crippen LogP contribution >= 0.6 is 0 Å². The SMILES string of the molecule is O=C(c1c[nH]c(=O)n(Cc2ccccn2)c1=O)N(CCc1ccccc1)Cc1ccccc1. The van der Waals surface area contributed by atoms with Crippen LogP contribution in [0.4, 0.5) is 0 Å². The van der Waals surface area contributed by atoms with Gasteiger partial charge in [-0.15, -0.1) is 0 Å². The third kappa shape index (κ3) is 5.51. The predicted octanol–water partition coefficient (Wildman–Crippen LogP) is 2.87. The number of carbonyl (C=O) groups is 1. The summed E-state index contributed by atoms with van der Waals surface area (Å²) >= 11 is 0. The van der Waals surface area contributed by atoms with E-state index < -0.39 is 17.2 Å². The maximum Gasteiger partial charge on any atom is 0.328 e. The van der Waals surface area contributed by atoms with Crippen LogP contribution in [0.2, 0.25) is 0 Å². The molecule has 4 aromatic rings. The molecule has 7 nitrogen and oxygen atoms in total. The van der Waals surface area contributed by atoms with Crippen LogP contribution in [0.3, 0.4) is 0 Å². The highest BCUT2D eigenvalue weighted by Gasteiger charge is 2.21. The van der Waals surface area contributed by atoms with E-state index in [1.165, 1.54) is 6.20 Å². The van der Waals surface area contributed by atoms with E-state index in [-0.39, 0.29) is 12.1 Å². The molecular weight excluding hydrogens is 416 g/mol. The zero-order valence-corrected chi connectivity index (χ0v) is 18.1. The lowest BCUT2D eigenvalue weighted by atomic mass is 10.1. The fourth-order valence-corrected chi connectivity index (χ4v) is 3.60. The summed E-state index contributed by atoms with van der Waals surface area (Å²) in [6, 6.07) is 24.7. The largest absolute Gasteiger partial charge is 0.334 e. The molecule has 2 aromatic carbocycles. The Kier molecular flexibility index (Phi) is 6.90. The topological polar surface area (TPSA) is 88.1 Å². The molecule has 0 aliphatic heterocycles. The quantitative estimate of drug-likeness (QED) is 0.456. The maximum absolute atomic E-state index is 13.5. The Morgan fingerprint density at radius 2 is 1.55 bits per heavy atom. The maximum atomic E-state index is 13.5. The number of amides is 1. The molecule has 2 heterocycles. The highest BCUT2D eigenvalue weighted by molar-refractivity contribution is 5.93. The van der Waals surface area contributed by atoms with Gasteiger partial charge in [-0.2, -0.15) is 0 Å². The van der Waals surface area contributed by atoms with Crippen molar-refractivity contribution in [2.24, 2.45) is 0 Å². The van der Waals surface area contributed by atoms with Gasteiger partial charge in [-0.25, -0.2) is 4.79 Å². The number of nitrogens with zero attached hydrogens (tertiary/aromatic N) is 3. The molecule has 1 N–H and O–H groups in total. The Balaban J connectivity index is 1.64. The van der Waals surface area contributed by atoms with Crippen molar-refractivity contribution in [3.05, 3.63) is 134 Å². The average molecular weight is 441 g/mol. The van der Waals surface area contributed by atoms with Gasteiger partial charge in [0.25, 0.3) is 11.5 Å². The Morgan fingerprint density at radius 1 is 0.879 bits per heavy atom. The molecule has 166 valence electrons. The normalized spacial score (nSPS) is 10.7. The molecule has 0 saturated heterocycles. The summed E-state index contributed by atoms with van der Waals surface area (Å²) in [7, 11) is 0. The van der Waals surface area contributed by atoms with Gasteiger partial charge in [-0.3, -0.25) is 19.1 Å². The molecule has 0 atom stereocenters. The number of nitrogens with one attached hydrogen (secondary N) is 1. The number of pyridine rings is 1. The number of aromatic amines is 1. The Hall–Kier alpha value is -4.26.